The van der Waals surface area contributed by atoms with Crippen molar-refractivity contribution in [3.63, 3.8) is 0 Å². The van der Waals surface area contributed by atoms with Gasteiger partial charge in [-0.25, -0.2) is 4.98 Å². The number of ether oxygens (including phenoxy) is 1. The molecule has 0 spiro atoms. The van der Waals surface area contributed by atoms with Gasteiger partial charge in [-0.3, -0.25) is 14.2 Å². The molecule has 188 valence electrons. The number of nitrogens with zero attached hydrogens (tertiary/aromatic N) is 3. The van der Waals surface area contributed by atoms with Crippen molar-refractivity contribution in [1.82, 2.24) is 20.2 Å². The number of anilines is 1. The van der Waals surface area contributed by atoms with Crippen molar-refractivity contribution in [3.05, 3.63) is 81.9 Å². The Balaban J connectivity index is 1.47. The second-order valence-electron chi connectivity index (χ2n) is 9.52. The molecule has 0 bridgehead atoms. The van der Waals surface area contributed by atoms with Crippen molar-refractivity contribution in [3.8, 4) is 11.4 Å². The van der Waals surface area contributed by atoms with Crippen LogP contribution < -0.4 is 25.8 Å². The van der Waals surface area contributed by atoms with Gasteiger partial charge in [0.2, 0.25) is 0 Å². The molecule has 8 heteroatoms. The van der Waals surface area contributed by atoms with E-state index < -0.39 is 0 Å². The van der Waals surface area contributed by atoms with Crippen LogP contribution in [0, 0.1) is 6.92 Å². The fourth-order valence-corrected chi connectivity index (χ4v) is 4.79. The van der Waals surface area contributed by atoms with Crippen LogP contribution in [-0.2, 0) is 0 Å². The highest BCUT2D eigenvalue weighted by Crippen LogP contribution is 2.38. The SMILES string of the molecule is CNCCOc1ccccc1C1CCCN1c1nccn(-c2cc(C(=O)NC3CC3)ccc2C)c1=O. The first-order valence-corrected chi connectivity index (χ1v) is 12.7. The van der Waals surface area contributed by atoms with Gasteiger partial charge in [0.05, 0.1) is 11.7 Å². The molecule has 0 radical (unpaired) electrons. The predicted molar refractivity (Wildman–Crippen MR) is 140 cm³/mol. The maximum absolute atomic E-state index is 13.8. The number of aromatic nitrogens is 2. The average molecular weight is 488 g/mol. The van der Waals surface area contributed by atoms with E-state index in [0.29, 0.717) is 23.7 Å². The highest BCUT2D eigenvalue weighted by atomic mass is 16.5. The maximum Gasteiger partial charge on any atom is 0.298 e. The Morgan fingerprint density at radius 3 is 2.81 bits per heavy atom. The number of aryl methyl sites for hydroxylation is 1. The number of rotatable bonds is 9. The lowest BCUT2D eigenvalue weighted by Crippen LogP contribution is -2.33. The molecule has 1 atom stereocenters. The molecule has 1 aliphatic carbocycles. The summed E-state index contributed by atoms with van der Waals surface area (Å²) in [5, 5.41) is 6.13. The third-order valence-electron chi connectivity index (χ3n) is 6.88. The molecule has 1 saturated carbocycles. The minimum Gasteiger partial charge on any atom is -0.492 e. The van der Waals surface area contributed by atoms with Crippen molar-refractivity contribution < 1.29 is 9.53 Å². The maximum atomic E-state index is 13.8. The zero-order valence-electron chi connectivity index (χ0n) is 20.9. The molecular formula is C28H33N5O3. The summed E-state index contributed by atoms with van der Waals surface area (Å²) in [7, 11) is 1.90. The first kappa shape index (κ1) is 24.1. The van der Waals surface area contributed by atoms with Crippen molar-refractivity contribution in [2.75, 3.05) is 31.6 Å². The Morgan fingerprint density at radius 2 is 2.00 bits per heavy atom. The fraction of sp³-hybridized carbons (Fsp3) is 0.393. The molecular weight excluding hydrogens is 454 g/mol. The molecule has 1 amide bonds. The molecule has 8 nitrogen and oxygen atoms in total. The predicted octanol–water partition coefficient (Wildman–Crippen LogP) is 3.37. The molecule has 1 unspecified atom stereocenters. The molecule has 2 aromatic carbocycles. The Kier molecular flexibility index (Phi) is 7.04. The number of hydrogen-bond acceptors (Lipinski definition) is 6. The lowest BCUT2D eigenvalue weighted by molar-refractivity contribution is 0.0951. The Labute approximate surface area is 211 Å². The van der Waals surface area contributed by atoms with E-state index in [1.54, 1.807) is 23.0 Å². The molecule has 3 aromatic rings. The van der Waals surface area contributed by atoms with Crippen LogP contribution in [0.3, 0.4) is 0 Å². The van der Waals surface area contributed by atoms with Crippen LogP contribution in [0.2, 0.25) is 0 Å². The van der Waals surface area contributed by atoms with Gasteiger partial charge in [-0.05, 0) is 63.4 Å². The summed E-state index contributed by atoms with van der Waals surface area (Å²) in [4.78, 5) is 33.0. The first-order chi connectivity index (χ1) is 17.6. The van der Waals surface area contributed by atoms with Gasteiger partial charge in [0.15, 0.2) is 5.82 Å². The van der Waals surface area contributed by atoms with Gasteiger partial charge in [0.25, 0.3) is 11.5 Å². The van der Waals surface area contributed by atoms with Crippen LogP contribution >= 0.6 is 0 Å². The Bertz CT molecular complexity index is 1300. The molecule has 36 heavy (non-hydrogen) atoms. The van der Waals surface area contributed by atoms with E-state index in [0.717, 1.165) is 55.6 Å². The number of amides is 1. The molecule has 1 saturated heterocycles. The molecule has 2 heterocycles. The van der Waals surface area contributed by atoms with Gasteiger partial charge in [-0.1, -0.05) is 24.3 Å². The van der Waals surface area contributed by atoms with Gasteiger partial charge >= 0.3 is 0 Å². The summed E-state index contributed by atoms with van der Waals surface area (Å²) in [5.74, 6) is 1.15. The monoisotopic (exact) mass is 487 g/mol. The zero-order chi connectivity index (χ0) is 25.1. The minimum absolute atomic E-state index is 0.00332. The largest absolute Gasteiger partial charge is 0.492 e. The van der Waals surface area contributed by atoms with Crippen molar-refractivity contribution in [2.45, 2.75) is 44.7 Å². The number of carbonyl (C=O) groups excluding carboxylic acids is 1. The van der Waals surface area contributed by atoms with Crippen LogP contribution in [0.4, 0.5) is 5.82 Å². The summed E-state index contributed by atoms with van der Waals surface area (Å²) in [6.07, 6.45) is 7.27. The van der Waals surface area contributed by atoms with Gasteiger partial charge < -0.3 is 20.3 Å². The van der Waals surface area contributed by atoms with Crippen LogP contribution in [0.25, 0.3) is 5.69 Å². The third-order valence-corrected chi connectivity index (χ3v) is 6.88. The van der Waals surface area contributed by atoms with E-state index in [2.05, 4.69) is 26.6 Å². The highest BCUT2D eigenvalue weighted by Gasteiger charge is 2.31. The van der Waals surface area contributed by atoms with E-state index in [9.17, 15) is 9.59 Å². The van der Waals surface area contributed by atoms with Crippen molar-refractivity contribution >= 4 is 11.7 Å². The summed E-state index contributed by atoms with van der Waals surface area (Å²) >= 11 is 0. The lowest BCUT2D eigenvalue weighted by Gasteiger charge is -2.27. The fourth-order valence-electron chi connectivity index (χ4n) is 4.79. The third kappa shape index (κ3) is 4.99. The first-order valence-electron chi connectivity index (χ1n) is 12.7. The molecule has 5 rings (SSSR count). The summed E-state index contributed by atoms with van der Waals surface area (Å²) in [6.45, 7) is 4.01. The molecule has 2 fully saturated rings. The molecule has 1 aromatic heterocycles. The molecule has 1 aliphatic heterocycles. The van der Waals surface area contributed by atoms with E-state index in [4.69, 9.17) is 4.74 Å². The van der Waals surface area contributed by atoms with E-state index >= 15 is 0 Å². The van der Waals surface area contributed by atoms with Crippen LogP contribution in [0.1, 0.15) is 53.2 Å². The number of likely N-dealkylation sites (N-methyl/N-ethyl adjacent to an activating group) is 1. The number of hydrogen-bond donors (Lipinski definition) is 2. The van der Waals surface area contributed by atoms with Crippen molar-refractivity contribution in [1.29, 1.82) is 0 Å². The number of para-hydroxylation sites is 1. The molecule has 2 aliphatic rings. The molecule has 2 N–H and O–H groups in total. The topological polar surface area (TPSA) is 88.5 Å². The van der Waals surface area contributed by atoms with Crippen LogP contribution in [0.15, 0.2) is 59.7 Å². The van der Waals surface area contributed by atoms with Crippen molar-refractivity contribution in [2.24, 2.45) is 0 Å². The zero-order valence-corrected chi connectivity index (χ0v) is 20.9. The number of carbonyl (C=O) groups is 1. The van der Waals surface area contributed by atoms with Gasteiger partial charge in [-0.2, -0.15) is 0 Å². The van der Waals surface area contributed by atoms with Gasteiger partial charge in [0.1, 0.15) is 12.4 Å². The number of nitrogens with one attached hydrogen (secondary N) is 2. The second-order valence-corrected chi connectivity index (χ2v) is 9.52. The number of benzene rings is 2. The Hall–Kier alpha value is -3.65. The smallest absolute Gasteiger partial charge is 0.298 e. The summed E-state index contributed by atoms with van der Waals surface area (Å²) in [5.41, 5.74) is 3.04. The second kappa shape index (κ2) is 10.5. The van der Waals surface area contributed by atoms with Gasteiger partial charge in [0, 0.05) is 42.7 Å². The lowest BCUT2D eigenvalue weighted by atomic mass is 10.0. The highest BCUT2D eigenvalue weighted by molar-refractivity contribution is 5.95. The average Bonchev–Trinajstić information content (AvgIpc) is 3.57. The van der Waals surface area contributed by atoms with E-state index in [-0.39, 0.29) is 23.6 Å². The van der Waals surface area contributed by atoms with Crippen LogP contribution in [-0.4, -0.2) is 48.2 Å². The van der Waals surface area contributed by atoms with E-state index in [1.165, 1.54) is 0 Å². The normalized spacial score (nSPS) is 17.3. The quantitative estimate of drug-likeness (QED) is 0.450. The standard InChI is InChI=1S/C28H33N5O3/c1-19-9-10-20(27(34)31-21-11-12-21)18-24(19)33-16-13-30-26(28(33)35)32-15-5-7-23(32)22-6-3-4-8-25(22)36-17-14-29-2/h3-4,6,8-10,13,16,18,21,23,29H,5,7,11-12,14-15,17H2,1-2H3,(H,31,34). The van der Waals surface area contributed by atoms with Crippen LogP contribution in [0.5, 0.6) is 5.75 Å². The Morgan fingerprint density at radius 1 is 1.17 bits per heavy atom. The van der Waals surface area contributed by atoms with E-state index in [1.807, 2.05) is 44.3 Å². The summed E-state index contributed by atoms with van der Waals surface area (Å²) in [6, 6.07) is 13.8. The van der Waals surface area contributed by atoms with Gasteiger partial charge in [-0.15, -0.1) is 0 Å². The minimum atomic E-state index is -0.194. The summed E-state index contributed by atoms with van der Waals surface area (Å²) < 4.78 is 7.66.